The van der Waals surface area contributed by atoms with Gasteiger partial charge in [-0.25, -0.2) is 4.79 Å². The first kappa shape index (κ1) is 57.5. The molecule has 16 nitrogen and oxygen atoms in total. The molecule has 1 aromatic carbocycles. The molecule has 0 radical (unpaired) electrons. The number of carboxylic acids is 1. The maximum absolute atomic E-state index is 14.9. The lowest BCUT2D eigenvalue weighted by molar-refractivity contribution is -0.235. The van der Waals surface area contributed by atoms with Gasteiger partial charge in [0.25, 0.3) is 5.91 Å². The molecule has 0 spiro atoms. The average molecular weight is 1080 g/mol. The van der Waals surface area contributed by atoms with Gasteiger partial charge in [-0.05, 0) is 146 Å². The summed E-state index contributed by atoms with van der Waals surface area (Å²) >= 11 is 6.18. The minimum atomic E-state index is -1.52. The van der Waals surface area contributed by atoms with Crippen LogP contribution in [-0.2, 0) is 42.9 Å². The Labute approximate surface area is 453 Å². The highest BCUT2D eigenvalue weighted by Crippen LogP contribution is 2.76. The van der Waals surface area contributed by atoms with Crippen molar-refractivity contribution in [3.8, 4) is 11.3 Å². The number of carboxylic acid groups (broad SMARTS) is 1. The van der Waals surface area contributed by atoms with E-state index >= 15 is 0 Å². The number of Topliss-reactive ketones (excluding diaryl/α,β-unsaturated/α-hetero) is 1. The van der Waals surface area contributed by atoms with Crippen LogP contribution in [0, 0.1) is 62.6 Å². The van der Waals surface area contributed by atoms with Crippen molar-refractivity contribution in [1.29, 1.82) is 0 Å². The molecule has 5 saturated carbocycles. The van der Waals surface area contributed by atoms with Crippen LogP contribution in [0.3, 0.4) is 0 Å². The summed E-state index contributed by atoms with van der Waals surface area (Å²) < 4.78 is 28.8. The lowest BCUT2D eigenvalue weighted by atomic mass is 9.33. The number of aromatic nitrogens is 2. The molecule has 0 unspecified atom stereocenters. The Balaban J connectivity index is 0.991. The molecule has 6 aliphatic carbocycles. The summed E-state index contributed by atoms with van der Waals surface area (Å²) in [6.07, 6.45) is 6.04. The number of nitrogens with one attached hydrogen (secondary N) is 2. The van der Waals surface area contributed by atoms with Crippen molar-refractivity contribution < 1.29 is 57.6 Å². The minimum Gasteiger partial charge on any atom is -0.481 e. The highest BCUT2D eigenvalue weighted by Gasteiger charge is 2.71. The first-order valence-electron chi connectivity index (χ1n) is 27.6. The van der Waals surface area contributed by atoms with Crippen molar-refractivity contribution in [3.05, 3.63) is 52.2 Å². The smallest absolute Gasteiger partial charge is 0.435 e. The van der Waals surface area contributed by atoms with E-state index in [0.717, 1.165) is 60.8 Å². The van der Waals surface area contributed by atoms with Crippen LogP contribution in [0.25, 0.3) is 11.3 Å². The summed E-state index contributed by atoms with van der Waals surface area (Å²) in [6.45, 7) is 24.5. The van der Waals surface area contributed by atoms with Crippen LogP contribution in [0.15, 0.2) is 41.5 Å². The molecule has 0 aliphatic heterocycles. The molecule has 2 amide bonds. The second-order valence-electron chi connectivity index (χ2n) is 25.8. The summed E-state index contributed by atoms with van der Waals surface area (Å²) in [5.41, 5.74) is -1.16. The third kappa shape index (κ3) is 9.96. The van der Waals surface area contributed by atoms with Crippen molar-refractivity contribution in [2.45, 2.75) is 158 Å². The lowest BCUT2D eigenvalue weighted by Crippen LogP contribution is -2.68. The lowest BCUT2D eigenvalue weighted by Gasteiger charge is -2.72. The van der Waals surface area contributed by atoms with Crippen LogP contribution in [0.5, 0.6) is 0 Å². The summed E-state index contributed by atoms with van der Waals surface area (Å²) in [7, 11) is 1.59. The van der Waals surface area contributed by atoms with Crippen molar-refractivity contribution in [2.24, 2.45) is 62.6 Å². The number of halogens is 1. The van der Waals surface area contributed by atoms with Crippen LogP contribution in [0.1, 0.15) is 151 Å². The van der Waals surface area contributed by atoms with Gasteiger partial charge < -0.3 is 39.4 Å². The fraction of sp³-hybridized carbons (Fsp3) is 0.712. The zero-order valence-electron chi connectivity index (χ0n) is 47.0. The zero-order chi connectivity index (χ0) is 55.6. The topological polar surface area (TPSA) is 211 Å². The molecule has 10 atom stereocenters. The van der Waals surface area contributed by atoms with E-state index in [1.54, 1.807) is 45.2 Å². The number of aliphatic carboxylic acids is 1. The van der Waals surface area contributed by atoms with Crippen LogP contribution in [0.2, 0.25) is 5.02 Å². The number of carbonyl (C=O) groups is 6. The van der Waals surface area contributed by atoms with Crippen molar-refractivity contribution in [2.75, 3.05) is 46.8 Å². The summed E-state index contributed by atoms with van der Waals surface area (Å²) in [4.78, 5) is 83.1. The molecule has 76 heavy (non-hydrogen) atoms. The van der Waals surface area contributed by atoms with Gasteiger partial charge in [0.15, 0.2) is 5.78 Å². The molecule has 0 saturated heterocycles. The number of ether oxygens (including phenoxy) is 5. The number of rotatable bonds is 18. The Morgan fingerprint density at radius 3 is 2.11 bits per heavy atom. The summed E-state index contributed by atoms with van der Waals surface area (Å²) in [5.74, 6) is -2.66. The third-order valence-electron chi connectivity index (χ3n) is 20.3. The normalized spacial score (nSPS) is 32.3. The maximum atomic E-state index is 14.9. The third-order valence-corrected chi connectivity index (χ3v) is 20.6. The van der Waals surface area contributed by atoms with Crippen LogP contribution < -0.4 is 10.6 Å². The molecule has 0 bridgehead atoms. The van der Waals surface area contributed by atoms with Crippen LogP contribution >= 0.6 is 11.6 Å². The molecule has 6 aliphatic rings. The van der Waals surface area contributed by atoms with Gasteiger partial charge in [0, 0.05) is 29.5 Å². The number of hydrogen-bond donors (Lipinski definition) is 3. The highest BCUT2D eigenvalue weighted by molar-refractivity contribution is 6.30. The fourth-order valence-electron chi connectivity index (χ4n) is 15.8. The number of ketones is 1. The van der Waals surface area contributed by atoms with E-state index < -0.39 is 52.2 Å². The van der Waals surface area contributed by atoms with E-state index in [4.69, 9.17) is 35.3 Å². The molecule has 2 aromatic rings. The molecule has 3 N–H and O–H groups in total. The molecule has 8 rings (SSSR count). The number of methoxy groups -OCH3 is 1. The second-order valence-corrected chi connectivity index (χ2v) is 26.2. The van der Waals surface area contributed by atoms with E-state index in [1.165, 1.54) is 6.07 Å². The number of benzene rings is 1. The van der Waals surface area contributed by atoms with Crippen molar-refractivity contribution in [1.82, 2.24) is 20.4 Å². The van der Waals surface area contributed by atoms with Gasteiger partial charge in [0.1, 0.15) is 23.9 Å². The Hall–Kier alpha value is -4.64. The Morgan fingerprint density at radius 1 is 0.816 bits per heavy atom. The monoisotopic (exact) mass is 1070 g/mol. The molecular formula is C59H83ClN4O12. The van der Waals surface area contributed by atoms with Gasteiger partial charge in [0.05, 0.1) is 56.1 Å². The van der Waals surface area contributed by atoms with Gasteiger partial charge in [-0.3, -0.25) is 24.0 Å². The molecular weight excluding hydrogens is 992 g/mol. The van der Waals surface area contributed by atoms with Crippen LogP contribution in [-0.4, -0.2) is 114 Å². The van der Waals surface area contributed by atoms with E-state index in [2.05, 4.69) is 64.2 Å². The summed E-state index contributed by atoms with van der Waals surface area (Å²) in [5, 5.41) is 21.0. The predicted molar refractivity (Wildman–Crippen MR) is 285 cm³/mol. The maximum Gasteiger partial charge on any atom is 0.435 e. The Kier molecular flexibility index (Phi) is 16.0. The average Bonchev–Trinajstić information content (AvgIpc) is 3.91. The number of fused-ring (bicyclic) bond motifs is 7. The van der Waals surface area contributed by atoms with Gasteiger partial charge in [0.2, 0.25) is 5.91 Å². The number of amides is 2. The number of carbonyl (C=O) groups excluding carboxylic acids is 5. The quantitative estimate of drug-likeness (QED) is 0.0939. The second kappa shape index (κ2) is 21.2. The molecule has 418 valence electrons. The first-order chi connectivity index (χ1) is 35.6. The van der Waals surface area contributed by atoms with Crippen molar-refractivity contribution in [3.63, 3.8) is 0 Å². The standard InChI is InChI=1S/C59H83ClN4O12/c1-34(2)46-42(65)33-59(62-51(70)55(7,8)61-48(66)41-32-40(35-13-15-36(60)16-14-35)63-64(41)52(71)75-30-29-74-28-27-73-26-25-72-12)24-23-57(10)37(47(46)59)17-18-44-56(9)21-20-45(54(5,6)43(56)19-22-58(44,57)11)76-50(69)39-31-38(49(67)68)53(39,3)4/h13-16,32,34,37-39,43-45H,17-31,33H2,1-12H3,(H,61,66)(H,62,70)(H,67,68)/t37-,38+,39-,43+,44-,45+,56+,57-,58-,59-/m1/s1. The van der Waals surface area contributed by atoms with Gasteiger partial charge in [-0.1, -0.05) is 86.0 Å². The SMILES string of the molecule is COCCOCCOCCOC(=O)n1nc(-c2ccc(Cl)cc2)cc1C(=O)NC(C)(C)C(=O)N[C@@]12CC[C@]3(C)[C@H](CC[C@@H]4[C@@]5(C)CC[C@H](OC(=O)[C@H]6C[C@@H](C(=O)O)C6(C)C)C(C)(C)[C@@H]5CC[C@]43C)C1=C(C(C)C)C(=O)C2. The van der Waals surface area contributed by atoms with E-state index in [-0.39, 0.29) is 83.3 Å². The van der Waals surface area contributed by atoms with Gasteiger partial charge in [-0.15, -0.1) is 0 Å². The molecule has 1 aromatic heterocycles. The Morgan fingerprint density at radius 2 is 1.47 bits per heavy atom. The van der Waals surface area contributed by atoms with Gasteiger partial charge >= 0.3 is 18.0 Å². The van der Waals surface area contributed by atoms with E-state index in [1.807, 2.05) is 13.8 Å². The predicted octanol–water partition coefficient (Wildman–Crippen LogP) is 9.88. The molecule has 17 heteroatoms. The minimum absolute atomic E-state index is 0.0292. The zero-order valence-corrected chi connectivity index (χ0v) is 47.7. The number of nitrogens with zero attached hydrogens (tertiary/aromatic N) is 2. The van der Waals surface area contributed by atoms with E-state index in [0.29, 0.717) is 60.8 Å². The van der Waals surface area contributed by atoms with Gasteiger partial charge in [-0.2, -0.15) is 9.78 Å². The van der Waals surface area contributed by atoms with Crippen LogP contribution in [0.4, 0.5) is 4.79 Å². The molecule has 5 fully saturated rings. The summed E-state index contributed by atoms with van der Waals surface area (Å²) in [6, 6.07) is 8.27. The number of esters is 1. The molecule has 1 heterocycles. The highest BCUT2D eigenvalue weighted by atomic mass is 35.5. The number of allylic oxidation sites excluding steroid dienone is 1. The Bertz CT molecular complexity index is 2620. The van der Waals surface area contributed by atoms with E-state index in [9.17, 15) is 33.9 Å². The largest absolute Gasteiger partial charge is 0.481 e. The first-order valence-corrected chi connectivity index (χ1v) is 28.0. The fourth-order valence-corrected chi connectivity index (χ4v) is 16.0. The van der Waals surface area contributed by atoms with Crippen molar-refractivity contribution >= 4 is 47.2 Å². The number of hydrogen-bond acceptors (Lipinski definition) is 12.